The van der Waals surface area contributed by atoms with Crippen LogP contribution in [0.25, 0.3) is 27.9 Å². The average Bonchev–Trinajstić information content (AvgIpc) is 3.22. The van der Waals surface area contributed by atoms with Gasteiger partial charge in [0, 0.05) is 44.0 Å². The van der Waals surface area contributed by atoms with Crippen LogP contribution >= 0.6 is 0 Å². The molecule has 0 bridgehead atoms. The van der Waals surface area contributed by atoms with Gasteiger partial charge >= 0.3 is 6.03 Å². The number of nitrogens with two attached hydrogens (primary N) is 1. The van der Waals surface area contributed by atoms with Gasteiger partial charge in [-0.1, -0.05) is 12.1 Å². The highest BCUT2D eigenvalue weighted by molar-refractivity contribution is 5.90. The van der Waals surface area contributed by atoms with Crippen molar-refractivity contribution < 1.29 is 9.59 Å². The Kier molecular flexibility index (Phi) is 5.75. The van der Waals surface area contributed by atoms with Gasteiger partial charge in [0.05, 0.1) is 22.9 Å². The van der Waals surface area contributed by atoms with Gasteiger partial charge in [0.25, 0.3) is 0 Å². The smallest absolute Gasteiger partial charge is 0.318 e. The van der Waals surface area contributed by atoms with Gasteiger partial charge in [0.15, 0.2) is 11.5 Å². The van der Waals surface area contributed by atoms with Gasteiger partial charge in [0.2, 0.25) is 5.91 Å². The Morgan fingerprint density at radius 2 is 1.88 bits per heavy atom. The number of fused-ring (bicyclic) bond motifs is 3. The van der Waals surface area contributed by atoms with Gasteiger partial charge in [-0.25, -0.2) is 14.8 Å². The molecular formula is C22H24N8O2. The van der Waals surface area contributed by atoms with E-state index in [1.54, 1.807) is 13.2 Å². The molecule has 0 spiro atoms. The van der Waals surface area contributed by atoms with E-state index in [4.69, 9.17) is 10.7 Å². The van der Waals surface area contributed by atoms with E-state index < -0.39 is 0 Å². The van der Waals surface area contributed by atoms with Crippen molar-refractivity contribution in [2.45, 2.75) is 6.92 Å². The van der Waals surface area contributed by atoms with Crippen LogP contribution in [-0.2, 0) is 4.79 Å². The Morgan fingerprint density at radius 1 is 1.09 bits per heavy atom. The highest BCUT2D eigenvalue weighted by Crippen LogP contribution is 2.29. The summed E-state index contributed by atoms with van der Waals surface area (Å²) in [7, 11) is 1.57. The van der Waals surface area contributed by atoms with Crippen LogP contribution in [-0.4, -0.2) is 46.4 Å². The van der Waals surface area contributed by atoms with Crippen molar-refractivity contribution in [2.24, 2.45) is 0 Å². The molecule has 2 heterocycles. The number of nitrogen functional groups attached to an aromatic ring is 1. The molecule has 0 fully saturated rings. The van der Waals surface area contributed by atoms with Crippen LogP contribution in [0, 0.1) is 0 Å². The van der Waals surface area contributed by atoms with Crippen molar-refractivity contribution in [3.8, 4) is 11.3 Å². The zero-order chi connectivity index (χ0) is 22.7. The summed E-state index contributed by atoms with van der Waals surface area (Å²) < 4.78 is 2.02. The van der Waals surface area contributed by atoms with Crippen LogP contribution in [0.5, 0.6) is 0 Å². The molecule has 0 aliphatic rings. The molecule has 4 rings (SSSR count). The number of benzene rings is 2. The number of carbonyl (C=O) groups excluding carboxylic acids is 2. The van der Waals surface area contributed by atoms with Crippen molar-refractivity contribution >= 4 is 45.8 Å². The Balaban J connectivity index is 1.76. The van der Waals surface area contributed by atoms with Crippen molar-refractivity contribution in [3.63, 3.8) is 0 Å². The molecular weight excluding hydrogens is 408 g/mol. The van der Waals surface area contributed by atoms with Crippen LogP contribution in [0.15, 0.2) is 48.7 Å². The minimum absolute atomic E-state index is 0.0892. The molecule has 6 N–H and O–H groups in total. The molecule has 32 heavy (non-hydrogen) atoms. The number of nitrogens with one attached hydrogen (secondary N) is 4. The number of anilines is 3. The molecule has 3 amide bonds. The summed E-state index contributed by atoms with van der Waals surface area (Å²) in [5.74, 6) is 0.506. The standard InChI is InChI=1S/C22H24N8O2/c1-13(31)25-9-10-26-20-21-27-12-19(14-3-6-16(7-4-14)28-22(32)24-2)30(21)18-8-5-15(23)11-17(18)29-20/h3-8,11-12H,9-10,23H2,1-2H3,(H,25,31)(H,26,29)(H2,24,28,32). The van der Waals surface area contributed by atoms with E-state index in [0.29, 0.717) is 35.9 Å². The highest BCUT2D eigenvalue weighted by Gasteiger charge is 2.15. The fourth-order valence-electron chi connectivity index (χ4n) is 3.41. The molecule has 0 radical (unpaired) electrons. The van der Waals surface area contributed by atoms with Crippen molar-refractivity contribution in [3.05, 3.63) is 48.7 Å². The summed E-state index contributed by atoms with van der Waals surface area (Å²) in [6.45, 7) is 2.44. The van der Waals surface area contributed by atoms with E-state index in [1.165, 1.54) is 6.92 Å². The van der Waals surface area contributed by atoms with Gasteiger partial charge in [-0.3, -0.25) is 9.20 Å². The Hall–Kier alpha value is -4.34. The quantitative estimate of drug-likeness (QED) is 0.234. The number of urea groups is 1. The lowest BCUT2D eigenvalue weighted by Gasteiger charge is -2.12. The number of rotatable bonds is 6. The number of imidazole rings is 1. The number of hydrogen-bond donors (Lipinski definition) is 5. The number of carbonyl (C=O) groups is 2. The molecule has 0 saturated carbocycles. The van der Waals surface area contributed by atoms with Crippen molar-refractivity contribution in [2.75, 3.05) is 36.5 Å². The highest BCUT2D eigenvalue weighted by atomic mass is 16.2. The number of aromatic nitrogens is 3. The fraction of sp³-hybridized carbons (Fsp3) is 0.182. The summed E-state index contributed by atoms with van der Waals surface area (Å²) in [6.07, 6.45) is 1.78. The molecule has 0 aliphatic heterocycles. The second kappa shape index (κ2) is 8.80. The lowest BCUT2D eigenvalue weighted by molar-refractivity contribution is -0.118. The summed E-state index contributed by atoms with van der Waals surface area (Å²) in [5.41, 5.74) is 11.3. The van der Waals surface area contributed by atoms with Crippen LogP contribution in [0.2, 0.25) is 0 Å². The topological polar surface area (TPSA) is 138 Å². The molecule has 4 aromatic rings. The monoisotopic (exact) mass is 432 g/mol. The largest absolute Gasteiger partial charge is 0.399 e. The van der Waals surface area contributed by atoms with Crippen molar-refractivity contribution in [1.29, 1.82) is 0 Å². The fourth-order valence-corrected chi connectivity index (χ4v) is 3.41. The van der Waals surface area contributed by atoms with E-state index in [0.717, 1.165) is 22.3 Å². The predicted molar refractivity (Wildman–Crippen MR) is 126 cm³/mol. The minimum atomic E-state index is -0.280. The van der Waals surface area contributed by atoms with Gasteiger partial charge in [0.1, 0.15) is 0 Å². The van der Waals surface area contributed by atoms with Gasteiger partial charge < -0.3 is 27.0 Å². The van der Waals surface area contributed by atoms with Crippen molar-refractivity contribution in [1.82, 2.24) is 25.0 Å². The van der Waals surface area contributed by atoms with E-state index >= 15 is 0 Å². The van der Waals surface area contributed by atoms with E-state index in [-0.39, 0.29) is 11.9 Å². The lowest BCUT2D eigenvalue weighted by atomic mass is 10.1. The third-order valence-electron chi connectivity index (χ3n) is 4.90. The molecule has 0 saturated heterocycles. The Labute approximate surface area is 184 Å². The summed E-state index contributed by atoms with van der Waals surface area (Å²) in [4.78, 5) is 32.0. The summed E-state index contributed by atoms with van der Waals surface area (Å²) >= 11 is 0. The minimum Gasteiger partial charge on any atom is -0.399 e. The molecule has 10 nitrogen and oxygen atoms in total. The van der Waals surface area contributed by atoms with Crippen LogP contribution in [0.4, 0.5) is 22.0 Å². The van der Waals surface area contributed by atoms with Crippen LogP contribution in [0.1, 0.15) is 6.92 Å². The summed E-state index contributed by atoms with van der Waals surface area (Å²) in [6, 6.07) is 12.8. The zero-order valence-corrected chi connectivity index (χ0v) is 17.8. The van der Waals surface area contributed by atoms with Crippen LogP contribution < -0.4 is 27.0 Å². The maximum absolute atomic E-state index is 11.5. The first-order valence-corrected chi connectivity index (χ1v) is 10.1. The third kappa shape index (κ3) is 4.24. The average molecular weight is 432 g/mol. The van der Waals surface area contributed by atoms with E-state index in [1.807, 2.05) is 46.9 Å². The molecule has 0 aliphatic carbocycles. The van der Waals surface area contributed by atoms with Gasteiger partial charge in [-0.2, -0.15) is 0 Å². The van der Waals surface area contributed by atoms with Gasteiger partial charge in [-0.05, 0) is 30.3 Å². The van der Waals surface area contributed by atoms with E-state index in [2.05, 4.69) is 26.3 Å². The number of nitrogens with zero attached hydrogens (tertiary/aromatic N) is 3. The zero-order valence-electron chi connectivity index (χ0n) is 17.8. The SMILES string of the molecule is CNC(=O)Nc1ccc(-c2cnc3c(NCCNC(C)=O)nc4cc(N)ccc4n23)cc1. The predicted octanol–water partition coefficient (Wildman–Crippen LogP) is 2.43. The molecule has 0 unspecified atom stereocenters. The molecule has 0 atom stereocenters. The number of hydrogen-bond acceptors (Lipinski definition) is 6. The first-order valence-electron chi connectivity index (χ1n) is 10.1. The molecule has 164 valence electrons. The first-order chi connectivity index (χ1) is 15.5. The third-order valence-corrected chi connectivity index (χ3v) is 4.90. The van der Waals surface area contributed by atoms with Crippen LogP contribution in [0.3, 0.4) is 0 Å². The van der Waals surface area contributed by atoms with Gasteiger partial charge in [-0.15, -0.1) is 0 Å². The maximum Gasteiger partial charge on any atom is 0.318 e. The normalized spacial score (nSPS) is 10.8. The Morgan fingerprint density at radius 3 is 2.59 bits per heavy atom. The second-order valence-corrected chi connectivity index (χ2v) is 7.20. The maximum atomic E-state index is 11.5. The molecule has 10 heteroatoms. The first kappa shape index (κ1) is 20.9. The molecule has 2 aromatic carbocycles. The molecule has 2 aromatic heterocycles. The Bertz CT molecular complexity index is 1300. The second-order valence-electron chi connectivity index (χ2n) is 7.20. The number of amides is 3. The lowest BCUT2D eigenvalue weighted by Crippen LogP contribution is -2.26. The summed E-state index contributed by atoms with van der Waals surface area (Å²) in [5, 5.41) is 11.3. The van der Waals surface area contributed by atoms with E-state index in [9.17, 15) is 9.59 Å².